The number of aryl methyl sites for hydroxylation is 1. The quantitative estimate of drug-likeness (QED) is 0.395. The lowest BCUT2D eigenvalue weighted by molar-refractivity contribution is 0.140. The van der Waals surface area contributed by atoms with Crippen LogP contribution in [0.5, 0.6) is 0 Å². The van der Waals surface area contributed by atoms with E-state index in [1.165, 1.54) is 5.56 Å². The van der Waals surface area contributed by atoms with Crippen LogP contribution in [0.1, 0.15) is 39.2 Å². The summed E-state index contributed by atoms with van der Waals surface area (Å²) >= 11 is 0. The van der Waals surface area contributed by atoms with Gasteiger partial charge in [-0.1, -0.05) is 49.3 Å². The molecule has 0 heterocycles. The first-order valence-corrected chi connectivity index (χ1v) is 6.44. The molecule has 0 aliphatic heterocycles. The van der Waals surface area contributed by atoms with Crippen LogP contribution in [0, 0.1) is 5.92 Å². The van der Waals surface area contributed by atoms with Crippen molar-refractivity contribution >= 4 is 5.71 Å². The summed E-state index contributed by atoms with van der Waals surface area (Å²) in [5.41, 5.74) is 2.45. The summed E-state index contributed by atoms with van der Waals surface area (Å²) in [6, 6.07) is 10.5. The van der Waals surface area contributed by atoms with Crippen LogP contribution in [0.3, 0.4) is 0 Å². The van der Waals surface area contributed by atoms with Gasteiger partial charge < -0.3 is 4.84 Å². The molecule has 0 saturated carbocycles. The van der Waals surface area contributed by atoms with Gasteiger partial charge in [0.15, 0.2) is 0 Å². The highest BCUT2D eigenvalue weighted by molar-refractivity contribution is 5.83. The monoisotopic (exact) mass is 233 g/mol. The minimum absolute atomic E-state index is 0.518. The topological polar surface area (TPSA) is 21.6 Å². The van der Waals surface area contributed by atoms with E-state index < -0.39 is 0 Å². The Labute approximate surface area is 105 Å². The van der Waals surface area contributed by atoms with Gasteiger partial charge in [0, 0.05) is 0 Å². The molecule has 0 amide bonds. The zero-order valence-corrected chi connectivity index (χ0v) is 11.1. The molecule has 0 aliphatic rings. The summed E-state index contributed by atoms with van der Waals surface area (Å²) < 4.78 is 0. The Morgan fingerprint density at radius 2 is 2.00 bits per heavy atom. The number of benzene rings is 1. The van der Waals surface area contributed by atoms with Gasteiger partial charge >= 0.3 is 0 Å². The minimum atomic E-state index is 0.518. The average molecular weight is 233 g/mol. The number of nitrogens with zero attached hydrogens (tertiary/aromatic N) is 1. The van der Waals surface area contributed by atoms with Crippen LogP contribution in [0.25, 0.3) is 0 Å². The highest BCUT2D eigenvalue weighted by Crippen LogP contribution is 2.05. The molecule has 0 fully saturated rings. The van der Waals surface area contributed by atoms with Crippen molar-refractivity contribution in [2.75, 3.05) is 6.61 Å². The normalized spacial score (nSPS) is 13.5. The van der Waals surface area contributed by atoms with Gasteiger partial charge in [0.1, 0.15) is 6.61 Å². The van der Waals surface area contributed by atoms with Gasteiger partial charge in [0.05, 0.1) is 5.71 Å². The first kappa shape index (κ1) is 13.8. The van der Waals surface area contributed by atoms with E-state index in [0.717, 1.165) is 25.0 Å². The van der Waals surface area contributed by atoms with E-state index in [9.17, 15) is 0 Å². The van der Waals surface area contributed by atoms with E-state index >= 15 is 0 Å². The lowest BCUT2D eigenvalue weighted by Crippen LogP contribution is -2.06. The molecule has 0 saturated heterocycles. The Bertz CT molecular complexity index is 332. The summed E-state index contributed by atoms with van der Waals surface area (Å²) in [7, 11) is 0. The van der Waals surface area contributed by atoms with Crippen LogP contribution in [-0.2, 0) is 11.3 Å². The molecule has 2 heteroatoms. The molecule has 0 spiro atoms. The Morgan fingerprint density at radius 3 is 2.65 bits per heavy atom. The Kier molecular flexibility index (Phi) is 6.38. The molecule has 1 unspecified atom stereocenters. The zero-order chi connectivity index (χ0) is 12.5. The van der Waals surface area contributed by atoms with E-state index in [-0.39, 0.29) is 0 Å². The molecule has 0 N–H and O–H groups in total. The van der Waals surface area contributed by atoms with Crippen LogP contribution in [0.2, 0.25) is 0 Å². The summed E-state index contributed by atoms with van der Waals surface area (Å²) in [5.74, 6) is 0.518. The minimum Gasteiger partial charge on any atom is -0.396 e. The van der Waals surface area contributed by atoms with E-state index in [2.05, 4.69) is 43.3 Å². The van der Waals surface area contributed by atoms with Crippen LogP contribution >= 0.6 is 0 Å². The van der Waals surface area contributed by atoms with Gasteiger partial charge in [-0.3, -0.25) is 0 Å². The predicted molar refractivity (Wildman–Crippen MR) is 73.3 cm³/mol. The van der Waals surface area contributed by atoms with Crippen molar-refractivity contribution in [2.24, 2.45) is 11.1 Å². The van der Waals surface area contributed by atoms with Gasteiger partial charge in [0.2, 0.25) is 0 Å². The number of hydrogen-bond donors (Lipinski definition) is 0. The molecular formula is C15H23NO. The largest absolute Gasteiger partial charge is 0.396 e. The second kappa shape index (κ2) is 7.88. The first-order chi connectivity index (χ1) is 8.24. The fourth-order valence-electron chi connectivity index (χ4n) is 1.52. The van der Waals surface area contributed by atoms with E-state index in [1.54, 1.807) is 0 Å². The molecule has 0 aromatic heterocycles. The van der Waals surface area contributed by atoms with E-state index in [0.29, 0.717) is 12.5 Å². The zero-order valence-electron chi connectivity index (χ0n) is 11.1. The Hall–Kier alpha value is -1.31. The molecule has 1 atom stereocenters. The van der Waals surface area contributed by atoms with Crippen molar-refractivity contribution < 1.29 is 4.84 Å². The van der Waals surface area contributed by atoms with Crippen LogP contribution in [0.4, 0.5) is 0 Å². The number of oxime groups is 1. The van der Waals surface area contributed by atoms with Gasteiger partial charge in [0.25, 0.3) is 0 Å². The maximum atomic E-state index is 5.33. The standard InChI is InChI=1S/C15H23NO/c1-4-13(2)14(3)16-17-12-8-11-15-9-6-5-7-10-15/h5-7,9-10,13H,4,8,11-12H2,1-3H3/b16-14+. The van der Waals surface area contributed by atoms with Gasteiger partial charge in [-0.05, 0) is 37.7 Å². The Balaban J connectivity index is 2.17. The molecule has 94 valence electrons. The summed E-state index contributed by atoms with van der Waals surface area (Å²) in [6.45, 7) is 7.07. The highest BCUT2D eigenvalue weighted by Gasteiger charge is 2.02. The third kappa shape index (κ3) is 5.53. The van der Waals surface area contributed by atoms with Crippen molar-refractivity contribution in [2.45, 2.75) is 40.0 Å². The second-order valence-electron chi connectivity index (χ2n) is 4.46. The maximum absolute atomic E-state index is 5.33. The van der Waals surface area contributed by atoms with Crippen molar-refractivity contribution in [1.29, 1.82) is 0 Å². The van der Waals surface area contributed by atoms with Crippen molar-refractivity contribution in [3.63, 3.8) is 0 Å². The third-order valence-corrected chi connectivity index (χ3v) is 3.08. The number of hydrogen-bond acceptors (Lipinski definition) is 2. The summed E-state index contributed by atoms with van der Waals surface area (Å²) in [4.78, 5) is 5.33. The predicted octanol–water partition coefficient (Wildman–Crippen LogP) is 4.06. The molecular weight excluding hydrogens is 210 g/mol. The van der Waals surface area contributed by atoms with Crippen LogP contribution in [0.15, 0.2) is 35.5 Å². The number of rotatable bonds is 7. The molecule has 17 heavy (non-hydrogen) atoms. The first-order valence-electron chi connectivity index (χ1n) is 6.44. The Morgan fingerprint density at radius 1 is 1.29 bits per heavy atom. The van der Waals surface area contributed by atoms with Crippen molar-refractivity contribution in [1.82, 2.24) is 0 Å². The van der Waals surface area contributed by atoms with Gasteiger partial charge in [-0.2, -0.15) is 0 Å². The fraction of sp³-hybridized carbons (Fsp3) is 0.533. The van der Waals surface area contributed by atoms with E-state index in [1.807, 2.05) is 13.0 Å². The van der Waals surface area contributed by atoms with Gasteiger partial charge in [-0.15, -0.1) is 0 Å². The SMILES string of the molecule is CCC(C)/C(C)=N/OCCCc1ccccc1. The summed E-state index contributed by atoms with van der Waals surface area (Å²) in [6.07, 6.45) is 3.18. The lowest BCUT2D eigenvalue weighted by atomic mass is 10.1. The maximum Gasteiger partial charge on any atom is 0.117 e. The van der Waals surface area contributed by atoms with Crippen molar-refractivity contribution in [3.8, 4) is 0 Å². The van der Waals surface area contributed by atoms with Crippen LogP contribution in [-0.4, -0.2) is 12.3 Å². The molecule has 1 rings (SSSR count). The van der Waals surface area contributed by atoms with Crippen molar-refractivity contribution in [3.05, 3.63) is 35.9 Å². The lowest BCUT2D eigenvalue weighted by Gasteiger charge is -2.07. The summed E-state index contributed by atoms with van der Waals surface area (Å²) in [5, 5.41) is 4.14. The molecule has 0 bridgehead atoms. The molecule has 2 nitrogen and oxygen atoms in total. The smallest absolute Gasteiger partial charge is 0.117 e. The third-order valence-electron chi connectivity index (χ3n) is 3.08. The fourth-order valence-corrected chi connectivity index (χ4v) is 1.52. The molecule has 1 aromatic carbocycles. The highest BCUT2D eigenvalue weighted by atomic mass is 16.6. The molecule has 1 aromatic rings. The average Bonchev–Trinajstić information content (AvgIpc) is 2.38. The molecule has 0 radical (unpaired) electrons. The second-order valence-corrected chi connectivity index (χ2v) is 4.46. The molecule has 0 aliphatic carbocycles. The van der Waals surface area contributed by atoms with Gasteiger partial charge in [-0.25, -0.2) is 0 Å². The van der Waals surface area contributed by atoms with Crippen LogP contribution < -0.4 is 0 Å². The van der Waals surface area contributed by atoms with E-state index in [4.69, 9.17) is 4.84 Å².